The molecular formula is C16H20F3NO2. The van der Waals surface area contributed by atoms with E-state index >= 15 is 0 Å². The molecular weight excluding hydrogens is 295 g/mol. The Morgan fingerprint density at radius 3 is 2.32 bits per heavy atom. The molecule has 1 saturated heterocycles. The van der Waals surface area contributed by atoms with Crippen molar-refractivity contribution in [2.24, 2.45) is 0 Å². The predicted octanol–water partition coefficient (Wildman–Crippen LogP) is 3.47. The van der Waals surface area contributed by atoms with Crippen LogP contribution in [0.1, 0.15) is 49.0 Å². The van der Waals surface area contributed by atoms with E-state index in [1.807, 2.05) is 6.92 Å². The maximum absolute atomic E-state index is 12.8. The first-order valence-corrected chi connectivity index (χ1v) is 7.35. The SMILES string of the molecule is C[C@H]1CCCCN1C(=O)c1ccc([C@](C)(O)C(F)(F)F)cc1. The van der Waals surface area contributed by atoms with Crippen molar-refractivity contribution in [3.8, 4) is 0 Å². The van der Waals surface area contributed by atoms with Gasteiger partial charge in [-0.1, -0.05) is 12.1 Å². The van der Waals surface area contributed by atoms with Gasteiger partial charge in [-0.3, -0.25) is 4.79 Å². The van der Waals surface area contributed by atoms with E-state index in [0.717, 1.165) is 31.4 Å². The third-order valence-electron chi connectivity index (χ3n) is 4.31. The fraction of sp³-hybridized carbons (Fsp3) is 0.562. The Bertz CT molecular complexity index is 537. The number of likely N-dealkylation sites (tertiary alicyclic amines) is 1. The van der Waals surface area contributed by atoms with Crippen LogP contribution in [0, 0.1) is 0 Å². The molecule has 1 aromatic carbocycles. The number of rotatable bonds is 2. The van der Waals surface area contributed by atoms with E-state index in [1.54, 1.807) is 4.90 Å². The molecule has 1 aromatic rings. The maximum atomic E-state index is 12.8. The minimum atomic E-state index is -4.76. The number of carbonyl (C=O) groups is 1. The molecule has 1 fully saturated rings. The first kappa shape index (κ1) is 16.8. The summed E-state index contributed by atoms with van der Waals surface area (Å²) in [6.07, 6.45) is -1.80. The lowest BCUT2D eigenvalue weighted by Crippen LogP contribution is -2.42. The van der Waals surface area contributed by atoms with E-state index in [9.17, 15) is 23.1 Å². The van der Waals surface area contributed by atoms with E-state index in [0.29, 0.717) is 19.0 Å². The summed E-state index contributed by atoms with van der Waals surface area (Å²) < 4.78 is 38.4. The molecule has 6 heteroatoms. The number of benzene rings is 1. The van der Waals surface area contributed by atoms with Crippen LogP contribution in [0.3, 0.4) is 0 Å². The molecule has 3 nitrogen and oxygen atoms in total. The van der Waals surface area contributed by atoms with Crippen LogP contribution in [0.25, 0.3) is 0 Å². The zero-order valence-electron chi connectivity index (χ0n) is 12.7. The van der Waals surface area contributed by atoms with Gasteiger partial charge in [0.25, 0.3) is 5.91 Å². The highest BCUT2D eigenvalue weighted by atomic mass is 19.4. The molecule has 0 aliphatic carbocycles. The Labute approximate surface area is 127 Å². The van der Waals surface area contributed by atoms with E-state index in [-0.39, 0.29) is 17.5 Å². The molecule has 1 N–H and O–H groups in total. The van der Waals surface area contributed by atoms with Gasteiger partial charge in [0.15, 0.2) is 5.60 Å². The van der Waals surface area contributed by atoms with Gasteiger partial charge < -0.3 is 10.0 Å². The molecule has 1 aliphatic heterocycles. The van der Waals surface area contributed by atoms with Crippen molar-refractivity contribution in [3.63, 3.8) is 0 Å². The van der Waals surface area contributed by atoms with E-state index in [1.165, 1.54) is 12.1 Å². The van der Waals surface area contributed by atoms with Gasteiger partial charge in [0.1, 0.15) is 0 Å². The third-order valence-corrected chi connectivity index (χ3v) is 4.31. The zero-order valence-corrected chi connectivity index (χ0v) is 12.7. The van der Waals surface area contributed by atoms with Gasteiger partial charge >= 0.3 is 6.18 Å². The van der Waals surface area contributed by atoms with Crippen LogP contribution in [-0.2, 0) is 5.60 Å². The van der Waals surface area contributed by atoms with Crippen molar-refractivity contribution in [1.29, 1.82) is 0 Å². The molecule has 0 unspecified atom stereocenters. The van der Waals surface area contributed by atoms with Crippen molar-refractivity contribution in [2.45, 2.75) is 50.9 Å². The summed E-state index contributed by atoms with van der Waals surface area (Å²) in [4.78, 5) is 14.2. The smallest absolute Gasteiger partial charge is 0.376 e. The van der Waals surface area contributed by atoms with E-state index < -0.39 is 11.8 Å². The molecule has 1 amide bonds. The Kier molecular flexibility index (Phi) is 4.52. The largest absolute Gasteiger partial charge is 0.421 e. The molecule has 0 spiro atoms. The van der Waals surface area contributed by atoms with Crippen molar-refractivity contribution in [3.05, 3.63) is 35.4 Å². The molecule has 0 bridgehead atoms. The molecule has 122 valence electrons. The molecule has 1 heterocycles. The number of nitrogens with zero attached hydrogens (tertiary/aromatic N) is 1. The Hall–Kier alpha value is -1.56. The summed E-state index contributed by atoms with van der Waals surface area (Å²) >= 11 is 0. The maximum Gasteiger partial charge on any atom is 0.421 e. The molecule has 1 aliphatic rings. The monoisotopic (exact) mass is 315 g/mol. The van der Waals surface area contributed by atoms with Gasteiger partial charge in [-0.25, -0.2) is 0 Å². The van der Waals surface area contributed by atoms with Crippen molar-refractivity contribution >= 4 is 5.91 Å². The van der Waals surface area contributed by atoms with Gasteiger partial charge in [-0.2, -0.15) is 13.2 Å². The second-order valence-corrected chi connectivity index (χ2v) is 5.99. The number of hydrogen-bond donors (Lipinski definition) is 1. The van der Waals surface area contributed by atoms with Crippen LogP contribution in [0.5, 0.6) is 0 Å². The topological polar surface area (TPSA) is 40.5 Å². The van der Waals surface area contributed by atoms with Gasteiger partial charge in [0.05, 0.1) is 0 Å². The van der Waals surface area contributed by atoms with Crippen molar-refractivity contribution < 1.29 is 23.1 Å². The molecule has 0 radical (unpaired) electrons. The Morgan fingerprint density at radius 2 is 1.82 bits per heavy atom. The quantitative estimate of drug-likeness (QED) is 0.908. The van der Waals surface area contributed by atoms with Crippen LogP contribution in [0.2, 0.25) is 0 Å². The normalized spacial score (nSPS) is 22.3. The zero-order chi connectivity index (χ0) is 16.5. The summed E-state index contributed by atoms with van der Waals surface area (Å²) in [5, 5.41) is 9.62. The number of amides is 1. The van der Waals surface area contributed by atoms with Gasteiger partial charge in [0.2, 0.25) is 0 Å². The molecule has 2 atom stereocenters. The summed E-state index contributed by atoms with van der Waals surface area (Å²) in [6, 6.07) is 5.16. The third kappa shape index (κ3) is 3.11. The summed E-state index contributed by atoms with van der Waals surface area (Å²) in [5.74, 6) is -0.176. The fourth-order valence-electron chi connectivity index (χ4n) is 2.67. The highest BCUT2D eigenvalue weighted by Gasteiger charge is 2.51. The average Bonchev–Trinajstić information content (AvgIpc) is 2.46. The predicted molar refractivity (Wildman–Crippen MR) is 76.4 cm³/mol. The number of piperidine rings is 1. The molecule has 0 saturated carbocycles. The van der Waals surface area contributed by atoms with E-state index in [4.69, 9.17) is 0 Å². The van der Waals surface area contributed by atoms with Crippen LogP contribution in [0.15, 0.2) is 24.3 Å². The fourth-order valence-corrected chi connectivity index (χ4v) is 2.67. The van der Waals surface area contributed by atoms with Crippen molar-refractivity contribution in [1.82, 2.24) is 4.90 Å². The first-order chi connectivity index (χ1) is 10.1. The lowest BCUT2D eigenvalue weighted by Gasteiger charge is -2.33. The highest BCUT2D eigenvalue weighted by Crippen LogP contribution is 2.38. The minimum absolute atomic E-state index is 0.138. The van der Waals surface area contributed by atoms with Crippen LogP contribution >= 0.6 is 0 Å². The van der Waals surface area contributed by atoms with Crippen LogP contribution in [0.4, 0.5) is 13.2 Å². The number of hydrogen-bond acceptors (Lipinski definition) is 2. The summed E-state index contributed by atoms with van der Waals surface area (Å²) in [5.41, 5.74) is -2.86. The Morgan fingerprint density at radius 1 is 1.23 bits per heavy atom. The van der Waals surface area contributed by atoms with Gasteiger partial charge in [-0.05, 0) is 50.8 Å². The number of carbonyl (C=O) groups excluding carboxylic acids is 1. The first-order valence-electron chi connectivity index (χ1n) is 7.35. The summed E-state index contributed by atoms with van der Waals surface area (Å²) in [7, 11) is 0. The van der Waals surface area contributed by atoms with Crippen LogP contribution in [-0.4, -0.2) is 34.7 Å². The average molecular weight is 315 g/mol. The molecule has 22 heavy (non-hydrogen) atoms. The number of aliphatic hydroxyl groups is 1. The van der Waals surface area contributed by atoms with Gasteiger partial charge in [0, 0.05) is 18.2 Å². The molecule has 0 aromatic heterocycles. The second kappa shape index (κ2) is 5.91. The summed E-state index contributed by atoms with van der Waals surface area (Å²) in [6.45, 7) is 3.35. The second-order valence-electron chi connectivity index (χ2n) is 5.99. The van der Waals surface area contributed by atoms with Crippen molar-refractivity contribution in [2.75, 3.05) is 6.54 Å². The van der Waals surface area contributed by atoms with Crippen LogP contribution < -0.4 is 0 Å². The highest BCUT2D eigenvalue weighted by molar-refractivity contribution is 5.94. The number of alkyl halides is 3. The lowest BCUT2D eigenvalue weighted by molar-refractivity contribution is -0.258. The van der Waals surface area contributed by atoms with Gasteiger partial charge in [-0.15, -0.1) is 0 Å². The Balaban J connectivity index is 2.20. The lowest BCUT2D eigenvalue weighted by atomic mass is 9.94. The minimum Gasteiger partial charge on any atom is -0.376 e. The van der Waals surface area contributed by atoms with E-state index in [2.05, 4.69) is 0 Å². The standard InChI is InChI=1S/C16H20F3NO2/c1-11-5-3-4-10-20(11)14(21)12-6-8-13(9-7-12)15(2,22)16(17,18)19/h6-9,11,22H,3-5,10H2,1-2H3/t11-,15-/m0/s1. The number of halogens is 3. The molecule has 2 rings (SSSR count).